The second-order valence-corrected chi connectivity index (χ2v) is 9.93. The SMILES string of the molecule is C[C@@]12CC[C@@H](C[C@@H]1C(=O)NCCCN1CCCC1=O)[C@]1(C2)NC(=O)c2cccnc2N1. The molecule has 1 aromatic heterocycles. The molecule has 0 unspecified atom stereocenters. The summed E-state index contributed by atoms with van der Waals surface area (Å²) in [4.78, 5) is 43.8. The van der Waals surface area contributed by atoms with Crippen molar-refractivity contribution in [3.8, 4) is 0 Å². The number of amides is 3. The zero-order chi connectivity index (χ0) is 21.6. The van der Waals surface area contributed by atoms with Gasteiger partial charge in [-0.05, 0) is 56.1 Å². The Labute approximate surface area is 182 Å². The average Bonchev–Trinajstić information content (AvgIpc) is 3.15. The highest BCUT2D eigenvalue weighted by atomic mass is 16.2. The molecule has 3 heterocycles. The smallest absolute Gasteiger partial charge is 0.256 e. The van der Waals surface area contributed by atoms with Crippen LogP contribution in [0.4, 0.5) is 5.82 Å². The van der Waals surface area contributed by atoms with E-state index in [0.717, 1.165) is 45.2 Å². The van der Waals surface area contributed by atoms with E-state index in [-0.39, 0.29) is 35.0 Å². The van der Waals surface area contributed by atoms with Crippen molar-refractivity contribution in [2.45, 2.75) is 57.5 Å². The molecule has 1 saturated heterocycles. The van der Waals surface area contributed by atoms with Crippen LogP contribution in [0.5, 0.6) is 0 Å². The average molecular weight is 426 g/mol. The molecule has 0 aromatic carbocycles. The molecular weight excluding hydrogens is 394 g/mol. The number of pyridine rings is 1. The predicted octanol–water partition coefficient (Wildman–Crippen LogP) is 1.89. The number of anilines is 1. The van der Waals surface area contributed by atoms with E-state index in [4.69, 9.17) is 0 Å². The van der Waals surface area contributed by atoms with E-state index in [9.17, 15) is 14.4 Å². The van der Waals surface area contributed by atoms with Crippen LogP contribution in [-0.4, -0.2) is 52.9 Å². The minimum Gasteiger partial charge on any atom is -0.356 e. The molecule has 5 aliphatic rings. The van der Waals surface area contributed by atoms with Crippen LogP contribution in [0.3, 0.4) is 0 Å². The van der Waals surface area contributed by atoms with Crippen LogP contribution in [-0.2, 0) is 9.59 Å². The van der Waals surface area contributed by atoms with Gasteiger partial charge in [0.15, 0.2) is 0 Å². The van der Waals surface area contributed by atoms with Gasteiger partial charge in [0.25, 0.3) is 5.91 Å². The molecule has 8 heteroatoms. The van der Waals surface area contributed by atoms with E-state index < -0.39 is 5.66 Å². The van der Waals surface area contributed by atoms with Crippen LogP contribution >= 0.6 is 0 Å². The Hall–Kier alpha value is -2.64. The first kappa shape index (κ1) is 20.3. The maximum atomic E-state index is 13.1. The zero-order valence-electron chi connectivity index (χ0n) is 18.1. The van der Waals surface area contributed by atoms with Gasteiger partial charge in [0, 0.05) is 44.1 Å². The predicted molar refractivity (Wildman–Crippen MR) is 115 cm³/mol. The first-order chi connectivity index (χ1) is 14.9. The summed E-state index contributed by atoms with van der Waals surface area (Å²) in [6, 6.07) is 3.55. The number of hydrogen-bond donors (Lipinski definition) is 3. The second-order valence-electron chi connectivity index (χ2n) is 9.93. The Morgan fingerprint density at radius 2 is 2.23 bits per heavy atom. The number of hydrogen-bond acceptors (Lipinski definition) is 5. The minimum atomic E-state index is -0.529. The monoisotopic (exact) mass is 425 g/mol. The molecule has 4 atom stereocenters. The van der Waals surface area contributed by atoms with E-state index in [1.165, 1.54) is 0 Å². The van der Waals surface area contributed by atoms with Gasteiger partial charge in [-0.3, -0.25) is 14.4 Å². The lowest BCUT2D eigenvalue weighted by Crippen LogP contribution is -2.70. The molecule has 3 saturated carbocycles. The Balaban J connectivity index is 1.23. The molecule has 1 spiro atoms. The van der Waals surface area contributed by atoms with Gasteiger partial charge < -0.3 is 20.9 Å². The summed E-state index contributed by atoms with van der Waals surface area (Å²) in [5.74, 6) is 1.01. The number of carbonyl (C=O) groups excluding carboxylic acids is 3. The van der Waals surface area contributed by atoms with Gasteiger partial charge in [-0.1, -0.05) is 6.92 Å². The van der Waals surface area contributed by atoms with Gasteiger partial charge >= 0.3 is 0 Å². The maximum Gasteiger partial charge on any atom is 0.256 e. The zero-order valence-corrected chi connectivity index (χ0v) is 18.1. The van der Waals surface area contributed by atoms with Crippen molar-refractivity contribution in [3.63, 3.8) is 0 Å². The van der Waals surface area contributed by atoms with Crippen molar-refractivity contribution in [2.24, 2.45) is 17.3 Å². The quantitative estimate of drug-likeness (QED) is 0.625. The van der Waals surface area contributed by atoms with Crippen LogP contribution < -0.4 is 16.0 Å². The first-order valence-corrected chi connectivity index (χ1v) is 11.5. The summed E-state index contributed by atoms with van der Waals surface area (Å²) in [5, 5.41) is 9.89. The fourth-order valence-electron chi connectivity index (χ4n) is 6.27. The summed E-state index contributed by atoms with van der Waals surface area (Å²) < 4.78 is 0. The molecule has 0 radical (unpaired) electrons. The Bertz CT molecular complexity index is 920. The van der Waals surface area contributed by atoms with Crippen LogP contribution in [0.2, 0.25) is 0 Å². The summed E-state index contributed by atoms with van der Waals surface area (Å²) in [5.41, 5.74) is -0.139. The van der Waals surface area contributed by atoms with Crippen molar-refractivity contribution in [1.29, 1.82) is 0 Å². The number of nitrogens with one attached hydrogen (secondary N) is 3. The number of nitrogens with zero attached hydrogens (tertiary/aromatic N) is 2. The maximum absolute atomic E-state index is 13.1. The van der Waals surface area contributed by atoms with Gasteiger partial charge in [-0.2, -0.15) is 0 Å². The van der Waals surface area contributed by atoms with Gasteiger partial charge in [-0.15, -0.1) is 0 Å². The van der Waals surface area contributed by atoms with Crippen LogP contribution in [0.15, 0.2) is 18.3 Å². The Morgan fingerprint density at radius 1 is 1.35 bits per heavy atom. The van der Waals surface area contributed by atoms with Crippen molar-refractivity contribution in [1.82, 2.24) is 20.5 Å². The number of rotatable bonds is 5. The van der Waals surface area contributed by atoms with Crippen LogP contribution in [0.25, 0.3) is 0 Å². The highest BCUT2D eigenvalue weighted by Crippen LogP contribution is 2.58. The minimum absolute atomic E-state index is 0.0610. The van der Waals surface area contributed by atoms with Crippen molar-refractivity contribution >= 4 is 23.5 Å². The van der Waals surface area contributed by atoms with E-state index >= 15 is 0 Å². The molecule has 3 aliphatic carbocycles. The first-order valence-electron chi connectivity index (χ1n) is 11.5. The van der Waals surface area contributed by atoms with Crippen molar-refractivity contribution < 1.29 is 14.4 Å². The van der Waals surface area contributed by atoms with Crippen molar-refractivity contribution in [3.05, 3.63) is 23.9 Å². The van der Waals surface area contributed by atoms with Crippen LogP contribution in [0.1, 0.15) is 62.2 Å². The fraction of sp³-hybridized carbons (Fsp3) is 0.652. The second kappa shape index (κ2) is 7.50. The lowest BCUT2D eigenvalue weighted by atomic mass is 9.51. The number of likely N-dealkylation sites (tertiary alicyclic amines) is 1. The molecular formula is C23H31N5O3. The van der Waals surface area contributed by atoms with E-state index in [1.807, 2.05) is 4.90 Å². The molecule has 31 heavy (non-hydrogen) atoms. The summed E-state index contributed by atoms with van der Waals surface area (Å²) in [6.07, 6.45) is 7.51. The summed E-state index contributed by atoms with van der Waals surface area (Å²) in [6.45, 7) is 4.33. The normalized spacial score (nSPS) is 33.8. The third-order valence-corrected chi connectivity index (χ3v) is 7.93. The highest BCUT2D eigenvalue weighted by molar-refractivity contribution is 6.01. The van der Waals surface area contributed by atoms with Gasteiger partial charge in [-0.25, -0.2) is 4.98 Å². The Kier molecular flexibility index (Phi) is 4.90. The molecule has 3 N–H and O–H groups in total. The molecule has 2 aliphatic heterocycles. The molecule has 1 aromatic rings. The van der Waals surface area contributed by atoms with Gasteiger partial charge in [0.05, 0.1) is 5.56 Å². The molecule has 166 valence electrons. The lowest BCUT2D eigenvalue weighted by molar-refractivity contribution is -0.139. The molecule has 3 amide bonds. The third kappa shape index (κ3) is 3.46. The molecule has 4 fully saturated rings. The summed E-state index contributed by atoms with van der Waals surface area (Å²) >= 11 is 0. The molecule has 6 rings (SSSR count). The third-order valence-electron chi connectivity index (χ3n) is 7.93. The summed E-state index contributed by atoms with van der Waals surface area (Å²) in [7, 11) is 0. The molecule has 2 bridgehead atoms. The lowest BCUT2D eigenvalue weighted by Gasteiger charge is -2.60. The van der Waals surface area contributed by atoms with Crippen molar-refractivity contribution in [2.75, 3.05) is 25.0 Å². The number of fused-ring (bicyclic) bond motifs is 3. The number of carbonyl (C=O) groups is 3. The highest BCUT2D eigenvalue weighted by Gasteiger charge is 2.60. The number of aromatic nitrogens is 1. The van der Waals surface area contributed by atoms with E-state index in [0.29, 0.717) is 30.8 Å². The largest absolute Gasteiger partial charge is 0.356 e. The Morgan fingerprint density at radius 3 is 3.00 bits per heavy atom. The van der Waals surface area contributed by atoms with Gasteiger partial charge in [0.1, 0.15) is 11.5 Å². The van der Waals surface area contributed by atoms with Gasteiger partial charge in [0.2, 0.25) is 11.8 Å². The standard InChI is InChI=1S/C23H31N5O3/c1-22-8-7-15(23(14-22)26-19-16(20(30)27-23)5-2-9-24-19)13-17(22)21(31)25-10-4-12-28-11-3-6-18(28)29/h2,5,9,15,17H,3-4,6-8,10-14H2,1H3,(H,24,26)(H,25,31)(H,27,30)/t15-,17+,22-,23-/m0/s1. The van der Waals surface area contributed by atoms with Crippen LogP contribution in [0, 0.1) is 17.3 Å². The topological polar surface area (TPSA) is 103 Å². The molecule has 8 nitrogen and oxygen atoms in total. The fourth-order valence-corrected chi connectivity index (χ4v) is 6.27. The van der Waals surface area contributed by atoms with E-state index in [2.05, 4.69) is 27.9 Å². The van der Waals surface area contributed by atoms with E-state index in [1.54, 1.807) is 18.3 Å².